The van der Waals surface area contributed by atoms with E-state index in [9.17, 15) is 4.79 Å². The first kappa shape index (κ1) is 19.0. The summed E-state index contributed by atoms with van der Waals surface area (Å²) < 4.78 is 0. The number of nitrogens with zero attached hydrogens (tertiary/aromatic N) is 2. The molecule has 24 heavy (non-hydrogen) atoms. The van der Waals surface area contributed by atoms with Crippen LogP contribution < -0.4 is 16.0 Å². The van der Waals surface area contributed by atoms with Gasteiger partial charge in [-0.3, -0.25) is 9.79 Å². The van der Waals surface area contributed by atoms with Gasteiger partial charge >= 0.3 is 0 Å². The molecule has 0 aromatic heterocycles. The first-order valence-electron chi connectivity index (χ1n) is 9.63. The Morgan fingerprint density at radius 3 is 2.38 bits per heavy atom. The molecule has 0 unspecified atom stereocenters. The highest BCUT2D eigenvalue weighted by Gasteiger charge is 2.22. The zero-order valence-corrected chi connectivity index (χ0v) is 15.4. The number of amides is 1. The van der Waals surface area contributed by atoms with E-state index < -0.39 is 0 Å². The fraction of sp³-hybridized carbons (Fsp3) is 0.889. The molecule has 1 saturated carbocycles. The van der Waals surface area contributed by atoms with Gasteiger partial charge in [-0.2, -0.15) is 0 Å². The van der Waals surface area contributed by atoms with Crippen LogP contribution in [-0.2, 0) is 4.79 Å². The van der Waals surface area contributed by atoms with Gasteiger partial charge in [0.25, 0.3) is 0 Å². The molecule has 138 valence electrons. The zero-order chi connectivity index (χ0) is 17.2. The second-order valence-corrected chi connectivity index (χ2v) is 7.25. The molecule has 1 amide bonds. The number of piperidine rings is 1. The molecule has 1 heterocycles. The van der Waals surface area contributed by atoms with Crippen LogP contribution in [-0.4, -0.2) is 62.6 Å². The predicted octanol–water partition coefficient (Wildman–Crippen LogP) is 1.33. The van der Waals surface area contributed by atoms with Crippen LogP contribution in [0.3, 0.4) is 0 Å². The van der Waals surface area contributed by atoms with Crippen molar-refractivity contribution < 1.29 is 4.79 Å². The van der Waals surface area contributed by atoms with E-state index in [-0.39, 0.29) is 5.91 Å². The van der Waals surface area contributed by atoms with Crippen molar-refractivity contribution in [3.63, 3.8) is 0 Å². The molecule has 1 aliphatic carbocycles. The van der Waals surface area contributed by atoms with E-state index in [1.165, 1.54) is 25.9 Å². The average Bonchev–Trinajstić information content (AvgIpc) is 3.39. The Hall–Kier alpha value is -1.30. The van der Waals surface area contributed by atoms with Crippen LogP contribution in [0.2, 0.25) is 0 Å². The topological polar surface area (TPSA) is 68.8 Å². The molecule has 1 saturated heterocycles. The van der Waals surface area contributed by atoms with Crippen molar-refractivity contribution in [3.05, 3.63) is 0 Å². The molecule has 0 aromatic carbocycles. The minimum absolute atomic E-state index is 0.179. The molecule has 6 nitrogen and oxygen atoms in total. The molecule has 0 bridgehead atoms. The summed E-state index contributed by atoms with van der Waals surface area (Å²) in [5, 5.41) is 9.66. The molecule has 3 N–H and O–H groups in total. The Morgan fingerprint density at radius 1 is 1.08 bits per heavy atom. The summed E-state index contributed by atoms with van der Waals surface area (Å²) in [4.78, 5) is 18.4. The summed E-state index contributed by atoms with van der Waals surface area (Å²) >= 11 is 0. The van der Waals surface area contributed by atoms with Gasteiger partial charge in [0.05, 0.1) is 0 Å². The number of rotatable bonds is 9. The summed E-state index contributed by atoms with van der Waals surface area (Å²) in [6, 6.07) is 0.461. The SMILES string of the molecule is CN=C(NCCCC(=O)NC1CC1)NCCCN1CCC(C)CC1. The lowest BCUT2D eigenvalue weighted by Gasteiger charge is -2.30. The fourth-order valence-corrected chi connectivity index (χ4v) is 3.00. The number of aliphatic imine (C=N–C) groups is 1. The van der Waals surface area contributed by atoms with Crippen LogP contribution in [0.15, 0.2) is 4.99 Å². The van der Waals surface area contributed by atoms with Crippen molar-refractivity contribution in [3.8, 4) is 0 Å². The van der Waals surface area contributed by atoms with Crippen LogP contribution in [0.25, 0.3) is 0 Å². The number of carbonyl (C=O) groups excluding carboxylic acids is 1. The summed E-state index contributed by atoms with van der Waals surface area (Å²) in [6.07, 6.45) is 7.54. The Labute approximate surface area is 146 Å². The van der Waals surface area contributed by atoms with Crippen LogP contribution in [0.1, 0.15) is 51.9 Å². The minimum Gasteiger partial charge on any atom is -0.356 e. The normalized spacial score (nSPS) is 20.0. The zero-order valence-electron chi connectivity index (χ0n) is 15.4. The van der Waals surface area contributed by atoms with Gasteiger partial charge in [0, 0.05) is 32.6 Å². The molecular weight excluding hydrogens is 302 g/mol. The van der Waals surface area contributed by atoms with Crippen molar-refractivity contribution >= 4 is 11.9 Å². The Morgan fingerprint density at radius 2 is 1.75 bits per heavy atom. The first-order valence-corrected chi connectivity index (χ1v) is 9.63. The number of nitrogens with one attached hydrogen (secondary N) is 3. The van der Waals surface area contributed by atoms with Gasteiger partial charge in [0.1, 0.15) is 0 Å². The molecule has 6 heteroatoms. The maximum Gasteiger partial charge on any atom is 0.220 e. The highest BCUT2D eigenvalue weighted by atomic mass is 16.1. The number of likely N-dealkylation sites (tertiary alicyclic amines) is 1. The van der Waals surface area contributed by atoms with E-state index in [0.717, 1.165) is 57.2 Å². The Balaban J connectivity index is 1.45. The number of hydrogen-bond donors (Lipinski definition) is 3. The lowest BCUT2D eigenvalue weighted by atomic mass is 9.99. The standard InChI is InChI=1S/C18H35N5O/c1-15-8-13-23(14-9-15)12-4-11-21-18(19-2)20-10-3-5-17(24)22-16-6-7-16/h15-16H,3-14H2,1-2H3,(H,22,24)(H2,19,20,21). The third kappa shape index (κ3) is 7.99. The van der Waals surface area contributed by atoms with E-state index >= 15 is 0 Å². The molecule has 0 aromatic rings. The fourth-order valence-electron chi connectivity index (χ4n) is 3.00. The highest BCUT2D eigenvalue weighted by Crippen LogP contribution is 2.18. The van der Waals surface area contributed by atoms with Gasteiger partial charge in [-0.05, 0) is 64.1 Å². The van der Waals surface area contributed by atoms with Gasteiger partial charge in [0.2, 0.25) is 5.91 Å². The second kappa shape index (κ2) is 10.5. The van der Waals surface area contributed by atoms with Crippen molar-refractivity contribution in [2.75, 3.05) is 39.8 Å². The molecule has 2 aliphatic rings. The number of guanidine groups is 1. The van der Waals surface area contributed by atoms with Crippen molar-refractivity contribution in [1.82, 2.24) is 20.9 Å². The maximum atomic E-state index is 11.6. The highest BCUT2D eigenvalue weighted by molar-refractivity contribution is 5.79. The van der Waals surface area contributed by atoms with Crippen molar-refractivity contribution in [1.29, 1.82) is 0 Å². The quantitative estimate of drug-likeness (QED) is 0.337. The van der Waals surface area contributed by atoms with Crippen molar-refractivity contribution in [2.45, 2.75) is 57.9 Å². The summed E-state index contributed by atoms with van der Waals surface area (Å²) in [6.45, 7) is 7.73. The van der Waals surface area contributed by atoms with Gasteiger partial charge < -0.3 is 20.9 Å². The van der Waals surface area contributed by atoms with Crippen LogP contribution >= 0.6 is 0 Å². The van der Waals surface area contributed by atoms with Crippen LogP contribution in [0.5, 0.6) is 0 Å². The van der Waals surface area contributed by atoms with E-state index in [4.69, 9.17) is 0 Å². The van der Waals surface area contributed by atoms with Crippen LogP contribution in [0, 0.1) is 5.92 Å². The molecule has 2 rings (SSSR count). The molecule has 0 spiro atoms. The molecular formula is C18H35N5O. The molecule has 0 atom stereocenters. The van der Waals surface area contributed by atoms with E-state index in [1.54, 1.807) is 7.05 Å². The van der Waals surface area contributed by atoms with E-state index in [1.807, 2.05) is 0 Å². The Kier molecular flexibility index (Phi) is 8.36. The minimum atomic E-state index is 0.179. The van der Waals surface area contributed by atoms with Gasteiger partial charge in [0.15, 0.2) is 5.96 Å². The van der Waals surface area contributed by atoms with E-state index in [2.05, 4.69) is 32.8 Å². The van der Waals surface area contributed by atoms with Gasteiger partial charge in [-0.15, -0.1) is 0 Å². The third-order valence-electron chi connectivity index (χ3n) is 4.86. The Bertz CT molecular complexity index is 400. The molecule has 1 aliphatic heterocycles. The third-order valence-corrected chi connectivity index (χ3v) is 4.86. The summed E-state index contributed by atoms with van der Waals surface area (Å²) in [5.41, 5.74) is 0. The maximum absolute atomic E-state index is 11.6. The van der Waals surface area contributed by atoms with Gasteiger partial charge in [-0.1, -0.05) is 6.92 Å². The van der Waals surface area contributed by atoms with Gasteiger partial charge in [-0.25, -0.2) is 0 Å². The smallest absolute Gasteiger partial charge is 0.220 e. The lowest BCUT2D eigenvalue weighted by molar-refractivity contribution is -0.121. The van der Waals surface area contributed by atoms with Crippen LogP contribution in [0.4, 0.5) is 0 Å². The monoisotopic (exact) mass is 337 g/mol. The number of hydrogen-bond acceptors (Lipinski definition) is 3. The summed E-state index contributed by atoms with van der Waals surface area (Å²) in [7, 11) is 1.79. The average molecular weight is 338 g/mol. The lowest BCUT2D eigenvalue weighted by Crippen LogP contribution is -2.40. The molecule has 0 radical (unpaired) electrons. The predicted molar refractivity (Wildman–Crippen MR) is 99.2 cm³/mol. The molecule has 2 fully saturated rings. The number of carbonyl (C=O) groups is 1. The van der Waals surface area contributed by atoms with E-state index in [0.29, 0.717) is 12.5 Å². The largest absolute Gasteiger partial charge is 0.356 e. The summed E-state index contributed by atoms with van der Waals surface area (Å²) in [5.74, 6) is 1.91. The first-order chi connectivity index (χ1) is 11.7. The second-order valence-electron chi connectivity index (χ2n) is 7.25. The van der Waals surface area contributed by atoms with Crippen molar-refractivity contribution in [2.24, 2.45) is 10.9 Å².